The van der Waals surface area contributed by atoms with Gasteiger partial charge in [0, 0.05) is 43.6 Å². The third kappa shape index (κ3) is 5.20. The molecule has 1 aliphatic heterocycles. The number of benzene rings is 1. The lowest BCUT2D eigenvalue weighted by Gasteiger charge is -2.19. The van der Waals surface area contributed by atoms with Crippen LogP contribution in [0.2, 0.25) is 0 Å². The molecule has 1 aliphatic rings. The average Bonchev–Trinajstić information content (AvgIpc) is 3.53. The molecule has 2 aromatic heterocycles. The molecule has 0 bridgehead atoms. The molecule has 0 aliphatic carbocycles. The fourth-order valence-corrected chi connectivity index (χ4v) is 4.97. The number of carbonyl (C=O) groups excluding carboxylic acids is 1. The summed E-state index contributed by atoms with van der Waals surface area (Å²) in [6.07, 6.45) is 0. The van der Waals surface area contributed by atoms with Crippen molar-refractivity contribution < 1.29 is 9.53 Å². The van der Waals surface area contributed by atoms with E-state index >= 15 is 0 Å². The van der Waals surface area contributed by atoms with Crippen molar-refractivity contribution in [1.82, 2.24) is 20.0 Å². The second kappa shape index (κ2) is 10.3. The van der Waals surface area contributed by atoms with Crippen LogP contribution in [0.1, 0.15) is 36.3 Å². The molecule has 1 fully saturated rings. The smallest absolute Gasteiger partial charge is 0.320 e. The van der Waals surface area contributed by atoms with Gasteiger partial charge in [-0.3, -0.25) is 10.2 Å². The minimum Gasteiger partial charge on any atom is -0.383 e. The Hall–Kier alpha value is -2.68. The van der Waals surface area contributed by atoms with E-state index in [9.17, 15) is 4.79 Å². The van der Waals surface area contributed by atoms with Crippen molar-refractivity contribution in [2.45, 2.75) is 31.7 Å². The number of hydrogen-bond donors (Lipinski definition) is 2. The molecule has 8 heteroatoms. The van der Waals surface area contributed by atoms with Gasteiger partial charge >= 0.3 is 6.03 Å². The average molecular weight is 454 g/mol. The first-order chi connectivity index (χ1) is 15.5. The van der Waals surface area contributed by atoms with Crippen molar-refractivity contribution in [3.05, 3.63) is 64.5 Å². The van der Waals surface area contributed by atoms with Gasteiger partial charge in [-0.05, 0) is 29.5 Å². The maximum Gasteiger partial charge on any atom is 0.320 e. The lowest BCUT2D eigenvalue weighted by atomic mass is 10.0. The number of aromatic nitrogens is 2. The number of urea groups is 1. The molecule has 2 amide bonds. The molecule has 0 spiro atoms. The molecular formula is C24H31N5O2S. The number of rotatable bonds is 8. The highest BCUT2D eigenvalue weighted by atomic mass is 32.1. The lowest BCUT2D eigenvalue weighted by molar-refractivity contribution is 0.159. The zero-order valence-corrected chi connectivity index (χ0v) is 19.6. The summed E-state index contributed by atoms with van der Waals surface area (Å²) >= 11 is 1.74. The number of nitrogens with one attached hydrogen (secondary N) is 2. The SMILES string of the molecule is COCCN1CC(c2cccs2)[C@H](NC(=O)Nc2cc(C(C)C)nn2-c2ccccc2)C1. The Morgan fingerprint density at radius 3 is 2.72 bits per heavy atom. The second-order valence-corrected chi connectivity index (χ2v) is 9.42. The fraction of sp³-hybridized carbons (Fsp3) is 0.417. The highest BCUT2D eigenvalue weighted by molar-refractivity contribution is 7.10. The van der Waals surface area contributed by atoms with Crippen LogP contribution in [-0.2, 0) is 4.74 Å². The largest absolute Gasteiger partial charge is 0.383 e. The first kappa shape index (κ1) is 22.5. The van der Waals surface area contributed by atoms with E-state index in [1.807, 2.05) is 36.4 Å². The lowest BCUT2D eigenvalue weighted by Crippen LogP contribution is -2.42. The summed E-state index contributed by atoms with van der Waals surface area (Å²) in [6.45, 7) is 7.45. The van der Waals surface area contributed by atoms with Gasteiger partial charge < -0.3 is 10.1 Å². The second-order valence-electron chi connectivity index (χ2n) is 8.44. The molecule has 4 rings (SSSR count). The first-order valence-corrected chi connectivity index (χ1v) is 11.9. The van der Waals surface area contributed by atoms with Gasteiger partial charge in [-0.15, -0.1) is 11.3 Å². The highest BCUT2D eigenvalue weighted by Crippen LogP contribution is 2.31. The number of amides is 2. The van der Waals surface area contributed by atoms with Crippen LogP contribution in [0.4, 0.5) is 10.6 Å². The molecular weight excluding hydrogens is 422 g/mol. The zero-order valence-electron chi connectivity index (χ0n) is 18.8. The number of nitrogens with zero attached hydrogens (tertiary/aromatic N) is 3. The van der Waals surface area contributed by atoms with Crippen LogP contribution < -0.4 is 10.6 Å². The fourth-order valence-electron chi connectivity index (χ4n) is 4.08. The van der Waals surface area contributed by atoms with Crippen LogP contribution >= 0.6 is 11.3 Å². The molecule has 1 unspecified atom stereocenters. The van der Waals surface area contributed by atoms with Gasteiger partial charge in [-0.1, -0.05) is 38.1 Å². The Balaban J connectivity index is 1.50. The molecule has 3 aromatic rings. The topological polar surface area (TPSA) is 71.4 Å². The molecule has 0 saturated carbocycles. The van der Waals surface area contributed by atoms with Crippen molar-refractivity contribution in [2.75, 3.05) is 38.7 Å². The highest BCUT2D eigenvalue weighted by Gasteiger charge is 2.35. The predicted molar refractivity (Wildman–Crippen MR) is 129 cm³/mol. The van der Waals surface area contributed by atoms with Crippen LogP contribution in [0.5, 0.6) is 0 Å². The zero-order chi connectivity index (χ0) is 22.5. The van der Waals surface area contributed by atoms with E-state index in [4.69, 9.17) is 9.84 Å². The van der Waals surface area contributed by atoms with E-state index in [0.717, 1.165) is 31.0 Å². The van der Waals surface area contributed by atoms with Gasteiger partial charge in [0.1, 0.15) is 5.82 Å². The number of thiophene rings is 1. The molecule has 0 radical (unpaired) electrons. The third-order valence-corrected chi connectivity index (χ3v) is 6.80. The number of carbonyl (C=O) groups is 1. The number of para-hydroxylation sites is 1. The predicted octanol–water partition coefficient (Wildman–Crippen LogP) is 4.29. The summed E-state index contributed by atoms with van der Waals surface area (Å²) in [7, 11) is 1.72. The van der Waals surface area contributed by atoms with Crippen LogP contribution in [0.15, 0.2) is 53.9 Å². The van der Waals surface area contributed by atoms with E-state index in [-0.39, 0.29) is 23.9 Å². The molecule has 1 saturated heterocycles. The molecule has 170 valence electrons. The Bertz CT molecular complexity index is 1000. The summed E-state index contributed by atoms with van der Waals surface area (Å²) in [5.74, 6) is 1.19. The van der Waals surface area contributed by atoms with Crippen molar-refractivity contribution in [2.24, 2.45) is 0 Å². The quantitative estimate of drug-likeness (QED) is 0.534. The van der Waals surface area contributed by atoms with E-state index in [1.54, 1.807) is 23.1 Å². The van der Waals surface area contributed by atoms with Crippen molar-refractivity contribution >= 4 is 23.2 Å². The third-order valence-electron chi connectivity index (χ3n) is 5.79. The Morgan fingerprint density at radius 1 is 1.22 bits per heavy atom. The van der Waals surface area contributed by atoms with Crippen molar-refractivity contribution in [3.63, 3.8) is 0 Å². The minimum atomic E-state index is -0.211. The van der Waals surface area contributed by atoms with Crippen LogP contribution in [0.3, 0.4) is 0 Å². The van der Waals surface area contributed by atoms with Gasteiger partial charge in [-0.2, -0.15) is 5.10 Å². The molecule has 3 heterocycles. The number of methoxy groups -OCH3 is 1. The van der Waals surface area contributed by atoms with Gasteiger partial charge in [0.2, 0.25) is 0 Å². The van der Waals surface area contributed by atoms with Crippen LogP contribution in [0.25, 0.3) is 5.69 Å². The number of anilines is 1. The van der Waals surface area contributed by atoms with Crippen LogP contribution in [0, 0.1) is 0 Å². The molecule has 32 heavy (non-hydrogen) atoms. The van der Waals surface area contributed by atoms with Gasteiger partial charge in [0.25, 0.3) is 0 Å². The van der Waals surface area contributed by atoms with Crippen LogP contribution in [-0.4, -0.2) is 60.1 Å². The van der Waals surface area contributed by atoms with E-state index < -0.39 is 0 Å². The molecule has 2 atom stereocenters. The number of hydrogen-bond acceptors (Lipinski definition) is 5. The van der Waals surface area contributed by atoms with Gasteiger partial charge in [-0.25, -0.2) is 9.48 Å². The summed E-state index contributed by atoms with van der Waals surface area (Å²) in [5.41, 5.74) is 1.85. The standard InChI is InChI=1S/C24H31N5O2S/c1-17(2)20-14-23(29(27-20)18-8-5-4-6-9-18)26-24(30)25-21-16-28(11-12-31-3)15-19(21)22-10-7-13-32-22/h4-10,13-14,17,19,21H,11-12,15-16H2,1-3H3,(H2,25,26,30)/t19?,21-/m1/s1. The van der Waals surface area contributed by atoms with Crippen molar-refractivity contribution in [1.29, 1.82) is 0 Å². The molecule has 7 nitrogen and oxygen atoms in total. The first-order valence-electron chi connectivity index (χ1n) is 11.0. The summed E-state index contributed by atoms with van der Waals surface area (Å²) in [4.78, 5) is 16.7. The number of ether oxygens (including phenoxy) is 1. The van der Waals surface area contributed by atoms with Gasteiger partial charge in [0.05, 0.1) is 24.0 Å². The normalized spacial score (nSPS) is 18.9. The van der Waals surface area contributed by atoms with E-state index in [0.29, 0.717) is 12.4 Å². The monoisotopic (exact) mass is 453 g/mol. The maximum absolute atomic E-state index is 13.1. The maximum atomic E-state index is 13.1. The summed E-state index contributed by atoms with van der Waals surface area (Å²) in [6, 6.07) is 15.9. The van der Waals surface area contributed by atoms with Crippen molar-refractivity contribution in [3.8, 4) is 5.69 Å². The van der Waals surface area contributed by atoms with E-state index in [2.05, 4.69) is 46.9 Å². The summed E-state index contributed by atoms with van der Waals surface area (Å²) < 4.78 is 7.05. The Morgan fingerprint density at radius 2 is 2.03 bits per heavy atom. The Labute approximate surface area is 193 Å². The molecule has 2 N–H and O–H groups in total. The Kier molecular flexibility index (Phi) is 7.24. The number of likely N-dealkylation sites (tertiary alicyclic amines) is 1. The molecule has 1 aromatic carbocycles. The summed E-state index contributed by atoms with van der Waals surface area (Å²) in [5, 5.41) is 13.1. The van der Waals surface area contributed by atoms with Gasteiger partial charge in [0.15, 0.2) is 0 Å². The minimum absolute atomic E-state index is 0.0307. The van der Waals surface area contributed by atoms with E-state index in [1.165, 1.54) is 4.88 Å².